The average molecular weight is 285 g/mol. The number of amides is 4. The lowest BCUT2D eigenvalue weighted by Crippen LogP contribution is -2.28. The van der Waals surface area contributed by atoms with Gasteiger partial charge in [0.25, 0.3) is 0 Å². The number of unbranched alkanes of at least 4 members (excludes halogenated alkanes) is 2. The second-order valence-electron chi connectivity index (χ2n) is 4.31. The third-order valence-corrected chi connectivity index (χ3v) is 2.72. The summed E-state index contributed by atoms with van der Waals surface area (Å²) in [6, 6.07) is -1.23. The molecular formula is C12H19N3O5. The van der Waals surface area contributed by atoms with E-state index in [0.29, 0.717) is 39.0 Å². The maximum absolute atomic E-state index is 11.4. The van der Waals surface area contributed by atoms with E-state index in [-0.39, 0.29) is 12.4 Å². The van der Waals surface area contributed by atoms with Gasteiger partial charge in [-0.15, -0.1) is 0 Å². The van der Waals surface area contributed by atoms with E-state index in [2.05, 4.69) is 10.2 Å². The predicted molar refractivity (Wildman–Crippen MR) is 68.5 cm³/mol. The van der Waals surface area contributed by atoms with Crippen molar-refractivity contribution in [2.45, 2.75) is 25.7 Å². The number of rotatable bonds is 11. The maximum atomic E-state index is 11.4. The SMILES string of the molecule is COCCOCC(=O)CCCCCN1C(=O)N=NC1=O. The summed E-state index contributed by atoms with van der Waals surface area (Å²) in [6.45, 7) is 1.28. The van der Waals surface area contributed by atoms with Gasteiger partial charge in [-0.2, -0.15) is 0 Å². The molecule has 1 aliphatic rings. The minimum Gasteiger partial charge on any atom is -0.382 e. The average Bonchev–Trinajstić information content (AvgIpc) is 2.74. The van der Waals surface area contributed by atoms with Crippen molar-refractivity contribution in [2.75, 3.05) is 33.5 Å². The third kappa shape index (κ3) is 5.98. The van der Waals surface area contributed by atoms with Crippen molar-refractivity contribution in [3.8, 4) is 0 Å². The fourth-order valence-electron chi connectivity index (χ4n) is 1.64. The Bertz CT molecular complexity index is 365. The number of urea groups is 2. The summed E-state index contributed by atoms with van der Waals surface area (Å²) in [6.07, 6.45) is 2.53. The van der Waals surface area contributed by atoms with Crippen LogP contribution < -0.4 is 0 Å². The molecule has 4 amide bonds. The van der Waals surface area contributed by atoms with Crippen LogP contribution in [0.15, 0.2) is 10.2 Å². The van der Waals surface area contributed by atoms with Gasteiger partial charge in [0, 0.05) is 20.1 Å². The topological polar surface area (TPSA) is 97.6 Å². The maximum Gasteiger partial charge on any atom is 0.370 e. The summed E-state index contributed by atoms with van der Waals surface area (Å²) in [5, 5.41) is 6.31. The summed E-state index contributed by atoms with van der Waals surface area (Å²) in [7, 11) is 1.57. The van der Waals surface area contributed by atoms with Crippen molar-refractivity contribution in [1.29, 1.82) is 0 Å². The monoisotopic (exact) mass is 285 g/mol. The molecule has 8 heteroatoms. The van der Waals surface area contributed by atoms with Crippen molar-refractivity contribution in [3.63, 3.8) is 0 Å². The molecule has 112 valence electrons. The van der Waals surface area contributed by atoms with E-state index in [4.69, 9.17) is 9.47 Å². The normalized spacial score (nSPS) is 14.3. The molecular weight excluding hydrogens is 266 g/mol. The standard InChI is InChI=1S/C12H19N3O5/c1-19-7-8-20-9-10(16)5-3-2-4-6-15-11(17)13-14-12(15)18/h2-9H2,1H3. The lowest BCUT2D eigenvalue weighted by molar-refractivity contribution is -0.124. The first kappa shape index (κ1) is 16.4. The van der Waals surface area contributed by atoms with Gasteiger partial charge in [-0.1, -0.05) is 16.6 Å². The number of imide groups is 1. The number of nitrogens with zero attached hydrogens (tertiary/aromatic N) is 3. The van der Waals surface area contributed by atoms with Gasteiger partial charge in [-0.05, 0) is 12.8 Å². The quantitative estimate of drug-likeness (QED) is 0.539. The fraction of sp³-hybridized carbons (Fsp3) is 0.750. The van der Waals surface area contributed by atoms with Gasteiger partial charge in [-0.25, -0.2) is 14.5 Å². The van der Waals surface area contributed by atoms with Crippen LogP contribution in [0.1, 0.15) is 25.7 Å². The van der Waals surface area contributed by atoms with Crippen LogP contribution in [0.5, 0.6) is 0 Å². The number of ether oxygens (including phenoxy) is 2. The van der Waals surface area contributed by atoms with E-state index in [1.807, 2.05) is 0 Å². The summed E-state index contributed by atoms with van der Waals surface area (Å²) in [4.78, 5) is 34.6. The van der Waals surface area contributed by atoms with Crippen molar-refractivity contribution in [1.82, 2.24) is 4.90 Å². The summed E-state index contributed by atoms with van der Waals surface area (Å²) < 4.78 is 9.90. The Balaban J connectivity index is 1.98. The Labute approximate surface area is 117 Å². The van der Waals surface area contributed by atoms with E-state index >= 15 is 0 Å². The van der Waals surface area contributed by atoms with E-state index in [1.165, 1.54) is 0 Å². The molecule has 0 fully saturated rings. The molecule has 0 aromatic carbocycles. The molecule has 0 aromatic heterocycles. The molecule has 1 aliphatic heterocycles. The van der Waals surface area contributed by atoms with E-state index < -0.39 is 12.1 Å². The highest BCUT2D eigenvalue weighted by atomic mass is 16.5. The number of azo groups is 1. The van der Waals surface area contributed by atoms with Crippen LogP contribution in [0.2, 0.25) is 0 Å². The summed E-state index contributed by atoms with van der Waals surface area (Å²) in [5.74, 6) is 0.0411. The molecule has 0 atom stereocenters. The van der Waals surface area contributed by atoms with Gasteiger partial charge < -0.3 is 9.47 Å². The fourth-order valence-corrected chi connectivity index (χ4v) is 1.64. The predicted octanol–water partition coefficient (Wildman–Crippen LogP) is 1.79. The summed E-state index contributed by atoms with van der Waals surface area (Å²) >= 11 is 0. The Kier molecular flexibility index (Phi) is 7.59. The Hall–Kier alpha value is -1.67. The third-order valence-electron chi connectivity index (χ3n) is 2.72. The van der Waals surface area contributed by atoms with Gasteiger partial charge in [-0.3, -0.25) is 4.79 Å². The molecule has 0 saturated carbocycles. The van der Waals surface area contributed by atoms with Gasteiger partial charge in [0.2, 0.25) is 0 Å². The van der Waals surface area contributed by atoms with Crippen LogP contribution >= 0.6 is 0 Å². The van der Waals surface area contributed by atoms with Crippen LogP contribution in [0.4, 0.5) is 9.59 Å². The van der Waals surface area contributed by atoms with Crippen LogP contribution in [-0.4, -0.2) is 56.2 Å². The molecule has 0 aromatic rings. The van der Waals surface area contributed by atoms with Gasteiger partial charge >= 0.3 is 12.1 Å². The molecule has 0 radical (unpaired) electrons. The zero-order valence-corrected chi connectivity index (χ0v) is 11.5. The number of ketones is 1. The van der Waals surface area contributed by atoms with Crippen LogP contribution in [-0.2, 0) is 14.3 Å². The number of hydrogen-bond acceptors (Lipinski definition) is 5. The molecule has 0 bridgehead atoms. The number of carbonyl (C=O) groups is 3. The molecule has 0 unspecified atom stereocenters. The largest absolute Gasteiger partial charge is 0.382 e. The second-order valence-corrected chi connectivity index (χ2v) is 4.31. The van der Waals surface area contributed by atoms with E-state index in [9.17, 15) is 14.4 Å². The van der Waals surface area contributed by atoms with Gasteiger partial charge in [0.1, 0.15) is 6.61 Å². The molecule has 8 nitrogen and oxygen atoms in total. The lowest BCUT2D eigenvalue weighted by Gasteiger charge is -2.09. The summed E-state index contributed by atoms with van der Waals surface area (Å²) in [5.41, 5.74) is 0. The molecule has 20 heavy (non-hydrogen) atoms. The highest BCUT2D eigenvalue weighted by Gasteiger charge is 2.26. The van der Waals surface area contributed by atoms with Crippen molar-refractivity contribution in [3.05, 3.63) is 0 Å². The Morgan fingerprint density at radius 1 is 1.10 bits per heavy atom. The van der Waals surface area contributed by atoms with Crippen LogP contribution in [0, 0.1) is 0 Å². The molecule has 0 N–H and O–H groups in total. The van der Waals surface area contributed by atoms with E-state index in [0.717, 1.165) is 11.3 Å². The number of methoxy groups -OCH3 is 1. The lowest BCUT2D eigenvalue weighted by atomic mass is 10.1. The number of carbonyl (C=O) groups excluding carboxylic acids is 3. The van der Waals surface area contributed by atoms with E-state index in [1.54, 1.807) is 7.11 Å². The minimum atomic E-state index is -0.613. The van der Waals surface area contributed by atoms with Crippen molar-refractivity contribution < 1.29 is 23.9 Å². The second kappa shape index (κ2) is 9.27. The van der Waals surface area contributed by atoms with Crippen molar-refractivity contribution in [2.24, 2.45) is 10.2 Å². The van der Waals surface area contributed by atoms with Crippen molar-refractivity contribution >= 4 is 17.8 Å². The Morgan fingerprint density at radius 2 is 1.80 bits per heavy atom. The van der Waals surface area contributed by atoms with Crippen LogP contribution in [0.25, 0.3) is 0 Å². The smallest absolute Gasteiger partial charge is 0.370 e. The zero-order valence-electron chi connectivity index (χ0n) is 11.5. The first-order chi connectivity index (χ1) is 9.65. The molecule has 0 aliphatic carbocycles. The highest BCUT2D eigenvalue weighted by molar-refractivity contribution is 5.98. The number of hydrogen-bond donors (Lipinski definition) is 0. The van der Waals surface area contributed by atoms with Gasteiger partial charge in [0.05, 0.1) is 13.2 Å². The number of Topliss-reactive ketones (excluding diaryl/α,β-unsaturated/α-hetero) is 1. The zero-order chi connectivity index (χ0) is 14.8. The molecule has 1 rings (SSSR count). The first-order valence-corrected chi connectivity index (χ1v) is 6.50. The first-order valence-electron chi connectivity index (χ1n) is 6.50. The van der Waals surface area contributed by atoms with Gasteiger partial charge in [0.15, 0.2) is 5.78 Å². The van der Waals surface area contributed by atoms with Crippen LogP contribution in [0.3, 0.4) is 0 Å². The minimum absolute atomic E-state index is 0.0411. The molecule has 1 heterocycles. The Morgan fingerprint density at radius 3 is 2.45 bits per heavy atom. The molecule has 0 spiro atoms. The highest BCUT2D eigenvalue weighted by Crippen LogP contribution is 2.10. The molecule has 0 saturated heterocycles.